The summed E-state index contributed by atoms with van der Waals surface area (Å²) in [5, 5.41) is 5.34. The van der Waals surface area contributed by atoms with Gasteiger partial charge in [-0.25, -0.2) is 13.2 Å². The van der Waals surface area contributed by atoms with Crippen molar-refractivity contribution in [2.45, 2.75) is 54.2 Å². The number of carbonyl (C=O) groups excluding carboxylic acids is 3. The minimum absolute atomic E-state index is 0.0808. The second kappa shape index (κ2) is 9.90. The number of anilines is 1. The number of rotatable bonds is 6. The highest BCUT2D eigenvalue weighted by Crippen LogP contribution is 2.36. The Hall–Kier alpha value is -2.27. The highest BCUT2D eigenvalue weighted by Gasteiger charge is 2.27. The van der Waals surface area contributed by atoms with Crippen molar-refractivity contribution in [3.8, 4) is 0 Å². The van der Waals surface area contributed by atoms with Crippen LogP contribution in [-0.4, -0.2) is 68.0 Å². The van der Waals surface area contributed by atoms with Crippen LogP contribution in [-0.2, 0) is 24.2 Å². The molecule has 3 rings (SSSR count). The lowest BCUT2D eigenvalue weighted by Crippen LogP contribution is -2.46. The lowest BCUT2D eigenvalue weighted by Gasteiger charge is -2.31. The molecule has 0 spiro atoms. The predicted molar refractivity (Wildman–Crippen MR) is 117 cm³/mol. The average Bonchev–Trinajstić information content (AvgIpc) is 2.73. The molecule has 1 saturated heterocycles. The van der Waals surface area contributed by atoms with Gasteiger partial charge in [0.05, 0.1) is 28.2 Å². The quantitative estimate of drug-likeness (QED) is 0.654. The lowest BCUT2D eigenvalue weighted by molar-refractivity contribution is -0.121. The van der Waals surface area contributed by atoms with E-state index in [1.54, 1.807) is 24.8 Å². The number of carbonyl (C=O) groups is 3. The van der Waals surface area contributed by atoms with Crippen molar-refractivity contribution in [1.82, 2.24) is 10.2 Å². The molecule has 2 heterocycles. The molecule has 0 aliphatic carbocycles. The van der Waals surface area contributed by atoms with Gasteiger partial charge in [0, 0.05) is 30.4 Å². The maximum atomic E-state index is 12.7. The van der Waals surface area contributed by atoms with Gasteiger partial charge in [0.25, 0.3) is 0 Å². The summed E-state index contributed by atoms with van der Waals surface area (Å²) in [6, 6.07) is 4.54. The molecular weight excluding hydrogens is 442 g/mol. The number of amides is 3. The number of thioether (sulfide) groups is 1. The molecule has 9 nitrogen and oxygen atoms in total. The van der Waals surface area contributed by atoms with E-state index < -0.39 is 9.84 Å². The topological polar surface area (TPSA) is 122 Å². The highest BCUT2D eigenvalue weighted by atomic mass is 32.2. The number of nitrogens with zero attached hydrogens (tertiary/aromatic N) is 1. The Morgan fingerprint density at radius 1 is 1.29 bits per heavy atom. The van der Waals surface area contributed by atoms with Gasteiger partial charge in [-0.15, -0.1) is 11.8 Å². The minimum atomic E-state index is -3.68. The normalized spacial score (nSPS) is 19.4. The monoisotopic (exact) mass is 469 g/mol. The van der Waals surface area contributed by atoms with Crippen molar-refractivity contribution in [1.29, 1.82) is 0 Å². The van der Waals surface area contributed by atoms with Crippen molar-refractivity contribution < 1.29 is 27.5 Å². The van der Waals surface area contributed by atoms with Crippen LogP contribution in [0.3, 0.4) is 0 Å². The Labute approximate surface area is 186 Å². The van der Waals surface area contributed by atoms with Crippen molar-refractivity contribution in [3.63, 3.8) is 0 Å². The molecule has 2 aliphatic heterocycles. The number of hydrogen-bond acceptors (Lipinski definition) is 7. The first kappa shape index (κ1) is 23.4. The number of fused-ring (bicyclic) bond motifs is 1. The number of hydrogen-bond donors (Lipinski definition) is 2. The number of piperidine rings is 1. The summed E-state index contributed by atoms with van der Waals surface area (Å²) in [6.45, 7) is 4.82. The molecule has 0 bridgehead atoms. The van der Waals surface area contributed by atoms with E-state index in [1.165, 1.54) is 23.9 Å². The minimum Gasteiger partial charge on any atom is -0.450 e. The summed E-state index contributed by atoms with van der Waals surface area (Å²) in [5.74, 6) is -0.828. The molecule has 1 aromatic rings. The fourth-order valence-electron chi connectivity index (χ4n) is 3.45. The molecule has 11 heteroatoms. The van der Waals surface area contributed by atoms with Crippen molar-refractivity contribution in [2.75, 3.05) is 30.8 Å². The molecule has 0 radical (unpaired) electrons. The van der Waals surface area contributed by atoms with E-state index in [1.807, 2.05) is 0 Å². The summed E-state index contributed by atoms with van der Waals surface area (Å²) < 4.78 is 30.3. The third kappa shape index (κ3) is 5.91. The fraction of sp³-hybridized carbons (Fsp3) is 0.550. The Kier molecular flexibility index (Phi) is 7.47. The molecule has 0 aromatic heterocycles. The molecule has 2 aliphatic rings. The Balaban J connectivity index is 1.51. The molecule has 31 heavy (non-hydrogen) atoms. The fourth-order valence-corrected chi connectivity index (χ4v) is 5.64. The molecule has 0 saturated carbocycles. The molecule has 2 N–H and O–H groups in total. The van der Waals surface area contributed by atoms with Gasteiger partial charge in [-0.1, -0.05) is 0 Å². The number of likely N-dealkylation sites (tertiary alicyclic amines) is 1. The smallest absolute Gasteiger partial charge is 0.409 e. The highest BCUT2D eigenvalue weighted by molar-refractivity contribution is 8.01. The molecule has 3 amide bonds. The molecule has 1 aromatic carbocycles. The maximum Gasteiger partial charge on any atom is 0.409 e. The summed E-state index contributed by atoms with van der Waals surface area (Å²) in [7, 11) is -3.68. The van der Waals surface area contributed by atoms with Gasteiger partial charge in [-0.3, -0.25) is 9.59 Å². The third-order valence-electron chi connectivity index (χ3n) is 5.22. The van der Waals surface area contributed by atoms with E-state index in [0.29, 0.717) is 38.2 Å². The van der Waals surface area contributed by atoms with Crippen LogP contribution in [0.15, 0.2) is 28.0 Å². The Bertz CT molecular complexity index is 958. The van der Waals surface area contributed by atoms with Gasteiger partial charge in [0.15, 0.2) is 9.84 Å². The largest absolute Gasteiger partial charge is 0.450 e. The first-order chi connectivity index (χ1) is 14.7. The van der Waals surface area contributed by atoms with Crippen LogP contribution < -0.4 is 10.6 Å². The van der Waals surface area contributed by atoms with Crippen molar-refractivity contribution >= 4 is 45.2 Å². The predicted octanol–water partition coefficient (Wildman–Crippen LogP) is 2.02. The van der Waals surface area contributed by atoms with E-state index in [-0.39, 0.29) is 46.3 Å². The zero-order valence-corrected chi connectivity index (χ0v) is 19.2. The van der Waals surface area contributed by atoms with Gasteiger partial charge in [-0.05, 0) is 44.9 Å². The SMILES string of the molecule is CCOC(=O)N1CCC(NC(=O)CCS(=O)(=O)c2ccc3c(c2)NC(=O)[C@@H](C)S3)CC1. The second-order valence-corrected chi connectivity index (χ2v) is 11.0. The van der Waals surface area contributed by atoms with Gasteiger partial charge >= 0.3 is 6.09 Å². The van der Waals surface area contributed by atoms with Gasteiger partial charge in [-0.2, -0.15) is 0 Å². The first-order valence-electron chi connectivity index (χ1n) is 10.2. The van der Waals surface area contributed by atoms with Gasteiger partial charge in [0.2, 0.25) is 11.8 Å². The van der Waals surface area contributed by atoms with E-state index in [2.05, 4.69) is 10.6 Å². The van der Waals surface area contributed by atoms with Crippen LogP contribution in [0.4, 0.5) is 10.5 Å². The van der Waals surface area contributed by atoms with E-state index in [4.69, 9.17) is 4.74 Å². The lowest BCUT2D eigenvalue weighted by atomic mass is 10.1. The number of benzene rings is 1. The average molecular weight is 470 g/mol. The number of nitrogens with one attached hydrogen (secondary N) is 2. The Morgan fingerprint density at radius 2 is 2.00 bits per heavy atom. The number of sulfone groups is 1. The van der Waals surface area contributed by atoms with Gasteiger partial charge < -0.3 is 20.3 Å². The third-order valence-corrected chi connectivity index (χ3v) is 8.12. The summed E-state index contributed by atoms with van der Waals surface area (Å²) in [4.78, 5) is 38.4. The summed E-state index contributed by atoms with van der Waals surface area (Å²) >= 11 is 1.38. The van der Waals surface area contributed by atoms with Crippen LogP contribution in [0.2, 0.25) is 0 Å². The van der Waals surface area contributed by atoms with Crippen LogP contribution in [0.25, 0.3) is 0 Å². The molecule has 170 valence electrons. The standard InChI is InChI=1S/C20H27N3O6S2/c1-3-29-20(26)23-9-6-14(7-10-23)21-18(24)8-11-31(27,28)15-4-5-17-16(12-15)22-19(25)13(2)30-17/h4-5,12-14H,3,6-11H2,1-2H3,(H,21,24)(H,22,25)/t13-/m1/s1. The molecule has 1 fully saturated rings. The van der Waals surface area contributed by atoms with E-state index in [9.17, 15) is 22.8 Å². The van der Waals surface area contributed by atoms with E-state index in [0.717, 1.165) is 4.90 Å². The number of ether oxygens (including phenoxy) is 1. The van der Waals surface area contributed by atoms with Crippen LogP contribution >= 0.6 is 11.8 Å². The van der Waals surface area contributed by atoms with Gasteiger partial charge in [0.1, 0.15) is 0 Å². The summed E-state index contributed by atoms with van der Waals surface area (Å²) in [5.41, 5.74) is 0.479. The van der Waals surface area contributed by atoms with Crippen LogP contribution in [0.5, 0.6) is 0 Å². The zero-order chi connectivity index (χ0) is 22.6. The second-order valence-electron chi connectivity index (χ2n) is 7.50. The Morgan fingerprint density at radius 3 is 2.68 bits per heavy atom. The van der Waals surface area contributed by atoms with Crippen LogP contribution in [0.1, 0.15) is 33.1 Å². The molecular formula is C20H27N3O6S2. The first-order valence-corrected chi connectivity index (χ1v) is 12.8. The van der Waals surface area contributed by atoms with Crippen LogP contribution in [0, 0.1) is 0 Å². The van der Waals surface area contributed by atoms with Crippen molar-refractivity contribution in [3.05, 3.63) is 18.2 Å². The zero-order valence-electron chi connectivity index (χ0n) is 17.5. The summed E-state index contributed by atoms with van der Waals surface area (Å²) in [6.07, 6.45) is 0.679. The van der Waals surface area contributed by atoms with E-state index >= 15 is 0 Å². The molecule has 0 unspecified atom stereocenters. The van der Waals surface area contributed by atoms with Crippen molar-refractivity contribution in [2.24, 2.45) is 0 Å². The maximum absolute atomic E-state index is 12.7. The molecule has 1 atom stereocenters.